The third kappa shape index (κ3) is 10.8. The summed E-state index contributed by atoms with van der Waals surface area (Å²) in [4.78, 5) is 0. The molecule has 6 atom stereocenters. The lowest BCUT2D eigenvalue weighted by Gasteiger charge is -2.37. The van der Waals surface area contributed by atoms with Crippen LogP contribution in [0.2, 0.25) is 0 Å². The van der Waals surface area contributed by atoms with E-state index in [2.05, 4.69) is 99.8 Å². The number of hydrogen-bond acceptors (Lipinski definition) is 6. The van der Waals surface area contributed by atoms with Crippen molar-refractivity contribution in [3.05, 3.63) is 168 Å². The number of rotatable bonds is 20. The van der Waals surface area contributed by atoms with Gasteiger partial charge < -0.3 is 0 Å². The average Bonchev–Trinajstić information content (AvgIpc) is 4.04. The minimum absolute atomic E-state index is 0.0000811. The molecule has 4 aromatic carbocycles. The van der Waals surface area contributed by atoms with Crippen LogP contribution in [-0.2, 0) is 29.0 Å². The molecule has 0 saturated heterocycles. The van der Waals surface area contributed by atoms with Crippen molar-refractivity contribution >= 4 is 42.9 Å². The molecule has 0 aliphatic heterocycles. The normalized spacial score (nSPS) is 24.8. The smallest absolute Gasteiger partial charge is 0.255 e. The van der Waals surface area contributed by atoms with Gasteiger partial charge in [0.2, 0.25) is 0 Å². The van der Waals surface area contributed by atoms with Gasteiger partial charge >= 0.3 is 20.6 Å². The van der Waals surface area contributed by atoms with E-state index >= 15 is 0 Å². The molecule has 2 saturated carbocycles. The highest BCUT2D eigenvalue weighted by atomic mass is 32.2. The molecule has 66 heavy (non-hydrogen) atoms. The summed E-state index contributed by atoms with van der Waals surface area (Å²) >= 11 is 0. The summed E-state index contributed by atoms with van der Waals surface area (Å²) in [6.45, 7) is 13.7. The molecule has 8 rings (SSSR count). The van der Waals surface area contributed by atoms with Crippen LogP contribution in [0.3, 0.4) is 0 Å². The summed E-state index contributed by atoms with van der Waals surface area (Å²) < 4.78 is 58.6. The van der Waals surface area contributed by atoms with Crippen molar-refractivity contribution in [3.63, 3.8) is 0 Å². The van der Waals surface area contributed by atoms with E-state index in [-0.39, 0.29) is 22.7 Å². The standard InChI is InChI=1S/2C28H35NO3S/c2*1-3-4-5-8-17-24-20-25-26(32-33(29,30)31)18-19-28(25,21(2)22-13-9-6-10-14-22)27(24)23-15-11-7-12-16-23/h2*6-7,9-16,25-26H,2-5,8,17-20H2,1H3,(H2,29,30,31)/t25?,26-,28+;25?,26-,28-/m10/s1. The Morgan fingerprint density at radius 3 is 1.18 bits per heavy atom. The minimum Gasteiger partial charge on any atom is -0.255 e. The maximum atomic E-state index is 11.9. The van der Waals surface area contributed by atoms with E-state index in [1.807, 2.05) is 48.5 Å². The molecule has 352 valence electrons. The Morgan fingerprint density at radius 2 is 0.864 bits per heavy atom. The molecule has 4 N–H and O–H groups in total. The fraction of sp³-hybridized carbons (Fsp3) is 0.429. The molecular weight excluding hydrogens is 861 g/mol. The molecule has 4 aliphatic carbocycles. The number of hydrogen-bond donors (Lipinski definition) is 2. The maximum absolute atomic E-state index is 11.9. The van der Waals surface area contributed by atoms with Gasteiger partial charge in [-0.1, -0.05) is 198 Å². The molecule has 0 heterocycles. The average molecular weight is 931 g/mol. The molecule has 2 unspecified atom stereocenters. The van der Waals surface area contributed by atoms with Crippen molar-refractivity contribution in [2.45, 2.75) is 129 Å². The molecule has 10 heteroatoms. The third-order valence-corrected chi connectivity index (χ3v) is 16.0. The zero-order valence-electron chi connectivity index (χ0n) is 39.0. The van der Waals surface area contributed by atoms with Crippen molar-refractivity contribution in [2.75, 3.05) is 0 Å². The van der Waals surface area contributed by atoms with E-state index in [1.54, 1.807) is 0 Å². The molecule has 0 bridgehead atoms. The van der Waals surface area contributed by atoms with E-state index in [0.717, 1.165) is 73.6 Å². The zero-order valence-corrected chi connectivity index (χ0v) is 40.6. The quantitative estimate of drug-likeness (QED) is 0.0846. The molecule has 0 amide bonds. The fourth-order valence-corrected chi connectivity index (χ4v) is 13.4. The third-order valence-electron chi connectivity index (χ3n) is 15.0. The van der Waals surface area contributed by atoms with Crippen molar-refractivity contribution in [2.24, 2.45) is 32.9 Å². The highest BCUT2D eigenvalue weighted by molar-refractivity contribution is 7.84. The number of fused-ring (bicyclic) bond motifs is 2. The molecule has 0 aromatic heterocycles. The molecule has 4 aromatic rings. The van der Waals surface area contributed by atoms with E-state index < -0.39 is 32.8 Å². The van der Waals surface area contributed by atoms with Gasteiger partial charge in [0, 0.05) is 22.7 Å². The van der Waals surface area contributed by atoms with Crippen LogP contribution in [0.1, 0.15) is 139 Å². The van der Waals surface area contributed by atoms with Gasteiger partial charge in [0.05, 0.1) is 12.2 Å². The summed E-state index contributed by atoms with van der Waals surface area (Å²) in [5, 5.41) is 10.7. The van der Waals surface area contributed by atoms with Gasteiger partial charge in [0.1, 0.15) is 0 Å². The first-order chi connectivity index (χ1) is 31.7. The van der Waals surface area contributed by atoms with E-state index in [9.17, 15) is 16.8 Å². The lowest BCUT2D eigenvalue weighted by molar-refractivity contribution is 0.151. The first-order valence-electron chi connectivity index (χ1n) is 24.2. The Labute approximate surface area is 395 Å². The molecule has 0 radical (unpaired) electrons. The monoisotopic (exact) mass is 930 g/mol. The van der Waals surface area contributed by atoms with Crippen LogP contribution in [0.4, 0.5) is 0 Å². The predicted octanol–water partition coefficient (Wildman–Crippen LogP) is 13.0. The van der Waals surface area contributed by atoms with Crippen LogP contribution in [0.15, 0.2) is 146 Å². The zero-order chi connectivity index (χ0) is 47.0. The van der Waals surface area contributed by atoms with E-state index in [1.165, 1.54) is 71.9 Å². The van der Waals surface area contributed by atoms with Crippen molar-refractivity contribution < 1.29 is 25.2 Å². The topological polar surface area (TPSA) is 139 Å². The molecule has 4 aliphatic rings. The highest BCUT2D eigenvalue weighted by Crippen LogP contribution is 2.68. The molecule has 2 fully saturated rings. The van der Waals surface area contributed by atoms with Crippen LogP contribution in [0.5, 0.6) is 0 Å². The van der Waals surface area contributed by atoms with Gasteiger partial charge in [0.25, 0.3) is 0 Å². The summed E-state index contributed by atoms with van der Waals surface area (Å²) in [6.07, 6.45) is 15.3. The molecule has 0 spiro atoms. The Bertz CT molecular complexity index is 2400. The van der Waals surface area contributed by atoms with Crippen molar-refractivity contribution in [1.29, 1.82) is 0 Å². The van der Waals surface area contributed by atoms with Crippen LogP contribution in [-0.4, -0.2) is 29.0 Å². The first-order valence-corrected chi connectivity index (χ1v) is 27.1. The largest absolute Gasteiger partial charge is 0.333 e. The van der Waals surface area contributed by atoms with Gasteiger partial charge in [-0.05, 0) is 109 Å². The van der Waals surface area contributed by atoms with Crippen LogP contribution < -0.4 is 10.3 Å². The SMILES string of the molecule is C=C(c1ccccc1)[C@@]12CC[C@@H](OS(N)(=O)=O)C1CC(CCCCCC)=C2c1ccccc1.C=C(c1ccccc1)[C@@]12CC[C@H](OS(N)(=O)=O)C1CC(CCCCCC)=C2c1ccccc1. The number of unbranched alkanes of at least 4 members (excludes halogenated alkanes) is 6. The fourth-order valence-electron chi connectivity index (χ4n) is 12.3. The van der Waals surface area contributed by atoms with Gasteiger partial charge in [-0.3, -0.25) is 8.37 Å². The highest BCUT2D eigenvalue weighted by Gasteiger charge is 2.59. The maximum Gasteiger partial charge on any atom is 0.333 e. The Balaban J connectivity index is 0.000000196. The Kier molecular flexibility index (Phi) is 16.3. The Hall–Kier alpha value is -4.42. The first kappa shape index (κ1) is 49.5. The summed E-state index contributed by atoms with van der Waals surface area (Å²) in [5.41, 5.74) is 11.5. The minimum atomic E-state index is -4.04. The van der Waals surface area contributed by atoms with Crippen LogP contribution in [0.25, 0.3) is 22.3 Å². The second-order valence-electron chi connectivity index (χ2n) is 18.9. The van der Waals surface area contributed by atoms with Gasteiger partial charge in [-0.15, -0.1) is 0 Å². The second kappa shape index (κ2) is 21.7. The summed E-state index contributed by atoms with van der Waals surface area (Å²) in [5.74, 6) is -0.000162. The number of benzene rings is 4. The van der Waals surface area contributed by atoms with Gasteiger partial charge in [-0.2, -0.15) is 16.8 Å². The number of nitrogens with two attached hydrogens (primary N) is 2. The Morgan fingerprint density at radius 1 is 0.530 bits per heavy atom. The molecular formula is C56H70N2O6S2. The summed E-state index contributed by atoms with van der Waals surface area (Å²) in [6, 6.07) is 41.7. The van der Waals surface area contributed by atoms with Crippen LogP contribution >= 0.6 is 0 Å². The van der Waals surface area contributed by atoms with E-state index in [0.29, 0.717) is 12.8 Å². The number of allylic oxidation sites excluding steroid dienone is 6. The lowest BCUT2D eigenvalue weighted by atomic mass is 9.66. The predicted molar refractivity (Wildman–Crippen MR) is 271 cm³/mol. The summed E-state index contributed by atoms with van der Waals surface area (Å²) in [7, 11) is -8.07. The van der Waals surface area contributed by atoms with Crippen molar-refractivity contribution in [1.82, 2.24) is 0 Å². The van der Waals surface area contributed by atoms with E-state index in [4.69, 9.17) is 18.6 Å². The second-order valence-corrected chi connectivity index (χ2v) is 21.3. The van der Waals surface area contributed by atoms with Crippen LogP contribution in [0, 0.1) is 22.7 Å². The lowest BCUT2D eigenvalue weighted by Crippen LogP contribution is -2.33. The molecule has 8 nitrogen and oxygen atoms in total. The van der Waals surface area contributed by atoms with Crippen molar-refractivity contribution in [3.8, 4) is 0 Å². The van der Waals surface area contributed by atoms with Gasteiger partial charge in [-0.25, -0.2) is 10.3 Å². The van der Waals surface area contributed by atoms with Gasteiger partial charge in [0.15, 0.2) is 0 Å².